The molecule has 6 nitrogen and oxygen atoms in total. The van der Waals surface area contributed by atoms with Crippen LogP contribution in [0.3, 0.4) is 0 Å². The minimum atomic E-state index is -3.25. The Balaban J connectivity index is 1.48. The summed E-state index contributed by atoms with van der Waals surface area (Å²) in [6.45, 7) is 1.18. The fourth-order valence-electron chi connectivity index (χ4n) is 3.01. The van der Waals surface area contributed by atoms with Gasteiger partial charge in [0.2, 0.25) is 15.9 Å². The van der Waals surface area contributed by atoms with Crippen LogP contribution in [0.1, 0.15) is 36.1 Å². The van der Waals surface area contributed by atoms with Crippen molar-refractivity contribution >= 4 is 55.6 Å². The molecular formula is C18H21Cl2N3O3S2. The average molecular weight is 462 g/mol. The molecule has 28 heavy (non-hydrogen) atoms. The van der Waals surface area contributed by atoms with Gasteiger partial charge >= 0.3 is 0 Å². The predicted molar refractivity (Wildman–Crippen MR) is 114 cm³/mol. The number of aromatic nitrogens is 1. The molecule has 2 heterocycles. The van der Waals surface area contributed by atoms with Gasteiger partial charge in [0.1, 0.15) is 0 Å². The van der Waals surface area contributed by atoms with Crippen molar-refractivity contribution in [3.05, 3.63) is 44.9 Å². The number of benzene rings is 1. The van der Waals surface area contributed by atoms with Crippen LogP contribution in [0.4, 0.5) is 5.13 Å². The number of anilines is 1. The van der Waals surface area contributed by atoms with E-state index in [-0.39, 0.29) is 18.1 Å². The van der Waals surface area contributed by atoms with Crippen molar-refractivity contribution < 1.29 is 13.2 Å². The number of carbonyl (C=O) groups is 1. The number of amides is 1. The third-order valence-electron chi connectivity index (χ3n) is 4.44. The summed E-state index contributed by atoms with van der Waals surface area (Å²) >= 11 is 13.5. The Kier molecular flexibility index (Phi) is 7.33. The summed E-state index contributed by atoms with van der Waals surface area (Å²) in [7, 11) is -3.25. The van der Waals surface area contributed by atoms with Crippen LogP contribution in [0.5, 0.6) is 0 Å². The quantitative estimate of drug-likeness (QED) is 0.638. The standard InChI is InChI=1S/C18H21Cl2N3O3S2/c19-14-5-6-16(20)13(10-14)11-15-12-21-18(27-15)22-17(24)4-3-9-28(25,26)23-7-1-2-8-23/h5-6,10,12H,1-4,7-9,11H2,(H,21,22,24). The van der Waals surface area contributed by atoms with Crippen LogP contribution in [-0.4, -0.2) is 42.5 Å². The van der Waals surface area contributed by atoms with Crippen molar-refractivity contribution in [2.45, 2.75) is 32.1 Å². The van der Waals surface area contributed by atoms with E-state index in [4.69, 9.17) is 23.2 Å². The third-order valence-corrected chi connectivity index (χ3v) is 7.91. The second kappa shape index (κ2) is 9.54. The highest BCUT2D eigenvalue weighted by molar-refractivity contribution is 7.89. The Morgan fingerprint density at radius 2 is 2.00 bits per heavy atom. The van der Waals surface area contributed by atoms with E-state index in [9.17, 15) is 13.2 Å². The van der Waals surface area contributed by atoms with Crippen molar-refractivity contribution in [3.63, 3.8) is 0 Å². The summed E-state index contributed by atoms with van der Waals surface area (Å²) in [5.74, 6) is -0.241. The number of thiazole rings is 1. The maximum atomic E-state index is 12.2. The van der Waals surface area contributed by atoms with Crippen LogP contribution in [0.2, 0.25) is 10.0 Å². The van der Waals surface area contributed by atoms with E-state index in [1.807, 2.05) is 6.07 Å². The zero-order valence-corrected chi connectivity index (χ0v) is 18.3. The van der Waals surface area contributed by atoms with E-state index in [2.05, 4.69) is 10.3 Å². The second-order valence-corrected chi connectivity index (χ2v) is 10.7. The molecule has 2 aromatic rings. The molecule has 152 valence electrons. The lowest BCUT2D eigenvalue weighted by Gasteiger charge is -2.14. The lowest BCUT2D eigenvalue weighted by molar-refractivity contribution is -0.116. The number of nitrogens with zero attached hydrogens (tertiary/aromatic N) is 2. The van der Waals surface area contributed by atoms with E-state index in [1.165, 1.54) is 15.6 Å². The van der Waals surface area contributed by atoms with Gasteiger partial charge in [0, 0.05) is 47.1 Å². The molecule has 0 saturated carbocycles. The van der Waals surface area contributed by atoms with Gasteiger partial charge in [-0.1, -0.05) is 23.2 Å². The van der Waals surface area contributed by atoms with E-state index in [1.54, 1.807) is 18.3 Å². The van der Waals surface area contributed by atoms with Crippen molar-refractivity contribution in [2.24, 2.45) is 0 Å². The van der Waals surface area contributed by atoms with Crippen LogP contribution >= 0.6 is 34.5 Å². The molecule has 0 radical (unpaired) electrons. The SMILES string of the molecule is O=C(CCCS(=O)(=O)N1CCCC1)Nc1ncc(Cc2cc(Cl)ccc2Cl)s1. The number of hydrogen-bond acceptors (Lipinski definition) is 5. The Bertz CT molecular complexity index is 941. The molecule has 1 aromatic carbocycles. The maximum absolute atomic E-state index is 12.2. The zero-order chi connectivity index (χ0) is 20.1. The normalized spacial score (nSPS) is 15.1. The molecule has 1 N–H and O–H groups in total. The smallest absolute Gasteiger partial charge is 0.226 e. The number of sulfonamides is 1. The Hall–Kier alpha value is -1.19. The third kappa shape index (κ3) is 5.90. The maximum Gasteiger partial charge on any atom is 0.226 e. The average Bonchev–Trinajstić information content (AvgIpc) is 3.30. The Labute approximate surface area is 178 Å². The van der Waals surface area contributed by atoms with Crippen molar-refractivity contribution in [1.29, 1.82) is 0 Å². The molecule has 3 rings (SSSR count). The molecule has 1 amide bonds. The molecule has 1 aromatic heterocycles. The fraction of sp³-hybridized carbons (Fsp3) is 0.444. The second-order valence-electron chi connectivity index (χ2n) is 6.62. The van der Waals surface area contributed by atoms with Gasteiger partial charge in [-0.05, 0) is 43.0 Å². The lowest BCUT2D eigenvalue weighted by atomic mass is 10.1. The molecule has 1 fully saturated rings. The van der Waals surface area contributed by atoms with Crippen LogP contribution < -0.4 is 5.32 Å². The molecular weight excluding hydrogens is 441 g/mol. The van der Waals surface area contributed by atoms with E-state index in [0.29, 0.717) is 41.1 Å². The van der Waals surface area contributed by atoms with Crippen LogP contribution in [-0.2, 0) is 21.2 Å². The van der Waals surface area contributed by atoms with Crippen LogP contribution in [0.25, 0.3) is 0 Å². The molecule has 10 heteroatoms. The zero-order valence-electron chi connectivity index (χ0n) is 15.2. The molecule has 0 aliphatic carbocycles. The first-order valence-corrected chi connectivity index (χ1v) is 12.2. The van der Waals surface area contributed by atoms with Crippen LogP contribution in [0.15, 0.2) is 24.4 Å². The molecule has 0 atom stereocenters. The molecule has 1 aliphatic heterocycles. The van der Waals surface area contributed by atoms with Gasteiger partial charge in [-0.25, -0.2) is 17.7 Å². The van der Waals surface area contributed by atoms with Gasteiger partial charge in [-0.2, -0.15) is 0 Å². The molecule has 1 aliphatic rings. The van der Waals surface area contributed by atoms with Crippen LogP contribution in [0, 0.1) is 0 Å². The summed E-state index contributed by atoms with van der Waals surface area (Å²) in [4.78, 5) is 17.2. The van der Waals surface area contributed by atoms with Gasteiger partial charge in [0.25, 0.3) is 0 Å². The number of halogens is 2. The summed E-state index contributed by atoms with van der Waals surface area (Å²) < 4.78 is 25.8. The van der Waals surface area contributed by atoms with Gasteiger partial charge in [-0.15, -0.1) is 11.3 Å². The summed E-state index contributed by atoms with van der Waals surface area (Å²) in [6.07, 6.45) is 4.51. The van der Waals surface area contributed by atoms with E-state index >= 15 is 0 Å². The van der Waals surface area contributed by atoms with Gasteiger partial charge < -0.3 is 5.32 Å². The van der Waals surface area contributed by atoms with Gasteiger partial charge in [0.05, 0.1) is 5.75 Å². The number of carbonyl (C=O) groups excluding carboxylic acids is 1. The van der Waals surface area contributed by atoms with E-state index in [0.717, 1.165) is 23.3 Å². The topological polar surface area (TPSA) is 79.4 Å². The highest BCUT2D eigenvalue weighted by Gasteiger charge is 2.24. The summed E-state index contributed by atoms with van der Waals surface area (Å²) in [6, 6.07) is 5.29. The minimum absolute atomic E-state index is 0.00317. The summed E-state index contributed by atoms with van der Waals surface area (Å²) in [5.41, 5.74) is 0.891. The Morgan fingerprint density at radius 1 is 1.25 bits per heavy atom. The molecule has 0 unspecified atom stereocenters. The number of hydrogen-bond donors (Lipinski definition) is 1. The first-order chi connectivity index (χ1) is 13.3. The van der Waals surface area contributed by atoms with Crippen molar-refractivity contribution in [3.8, 4) is 0 Å². The lowest BCUT2D eigenvalue weighted by Crippen LogP contribution is -2.30. The molecule has 0 spiro atoms. The number of rotatable bonds is 8. The Morgan fingerprint density at radius 3 is 2.75 bits per heavy atom. The summed E-state index contributed by atoms with van der Waals surface area (Å²) in [5, 5.41) is 4.46. The van der Waals surface area contributed by atoms with Gasteiger partial charge in [0.15, 0.2) is 5.13 Å². The predicted octanol–water partition coefficient (Wildman–Crippen LogP) is 4.19. The van der Waals surface area contributed by atoms with Gasteiger partial charge in [-0.3, -0.25) is 4.79 Å². The molecule has 1 saturated heterocycles. The molecule has 0 bridgehead atoms. The van der Waals surface area contributed by atoms with Crippen molar-refractivity contribution in [2.75, 3.05) is 24.2 Å². The highest BCUT2D eigenvalue weighted by atomic mass is 35.5. The fourth-order valence-corrected chi connectivity index (χ4v) is 5.82. The first-order valence-electron chi connectivity index (χ1n) is 9.00. The van der Waals surface area contributed by atoms with Crippen molar-refractivity contribution in [1.82, 2.24) is 9.29 Å². The highest BCUT2D eigenvalue weighted by Crippen LogP contribution is 2.27. The number of nitrogens with one attached hydrogen (secondary N) is 1. The van der Waals surface area contributed by atoms with E-state index < -0.39 is 10.0 Å². The largest absolute Gasteiger partial charge is 0.302 e. The first kappa shape index (κ1) is 21.5. The minimum Gasteiger partial charge on any atom is -0.302 e. The monoisotopic (exact) mass is 461 g/mol.